The minimum absolute atomic E-state index is 0. The van der Waals surface area contributed by atoms with Crippen LogP contribution in [0.1, 0.15) is 17.5 Å². The van der Waals surface area contributed by atoms with Gasteiger partial charge in [-0.25, -0.2) is 13.2 Å². The summed E-state index contributed by atoms with van der Waals surface area (Å²) in [5.74, 6) is 0. The van der Waals surface area contributed by atoms with Crippen LogP contribution >= 0.6 is 13.5 Å². The van der Waals surface area contributed by atoms with E-state index in [1.165, 1.54) is 15.4 Å². The Bertz CT molecular complexity index is 1050. The highest BCUT2D eigenvalue weighted by atomic mass is 32.2. The van der Waals surface area contributed by atoms with E-state index in [-0.39, 0.29) is 37.5 Å². The van der Waals surface area contributed by atoms with Crippen LogP contribution < -0.4 is 5.32 Å². The third kappa shape index (κ3) is 6.51. The molecular weight excluding hydrogens is 472 g/mol. The lowest BCUT2D eigenvalue weighted by Crippen LogP contribution is -2.47. The number of benzene rings is 2. The molecule has 8 nitrogen and oxygen atoms in total. The van der Waals surface area contributed by atoms with Gasteiger partial charge >= 0.3 is 6.03 Å². The highest BCUT2D eigenvalue weighted by Crippen LogP contribution is 2.19. The van der Waals surface area contributed by atoms with Crippen molar-refractivity contribution in [2.75, 3.05) is 45.8 Å². The van der Waals surface area contributed by atoms with E-state index in [9.17, 15) is 18.3 Å². The van der Waals surface area contributed by atoms with Crippen molar-refractivity contribution < 1.29 is 18.3 Å². The highest BCUT2D eigenvalue weighted by molar-refractivity contribution is 7.89. The van der Waals surface area contributed by atoms with Crippen LogP contribution in [0.5, 0.6) is 0 Å². The molecule has 10 heteroatoms. The maximum Gasteiger partial charge on any atom is 0.317 e. The van der Waals surface area contributed by atoms with Crippen molar-refractivity contribution in [2.45, 2.75) is 30.4 Å². The first-order chi connectivity index (χ1) is 15.9. The molecule has 0 unspecified atom stereocenters. The van der Waals surface area contributed by atoms with E-state index in [0.29, 0.717) is 32.6 Å². The number of hydrogen-bond donors (Lipinski definition) is 2. The summed E-state index contributed by atoms with van der Waals surface area (Å²) in [6, 6.07) is 16.5. The molecular formula is C24H34N4O4S2. The van der Waals surface area contributed by atoms with Gasteiger partial charge in [-0.3, -0.25) is 4.90 Å². The maximum absolute atomic E-state index is 12.9. The maximum atomic E-state index is 12.9. The van der Waals surface area contributed by atoms with Gasteiger partial charge in [0.1, 0.15) is 0 Å². The number of carbonyl (C=O) groups excluding carboxylic acids is 1. The quantitative estimate of drug-likeness (QED) is 0.621. The number of fused-ring (bicyclic) bond motifs is 1. The number of aliphatic hydroxyl groups excluding tert-OH is 1. The van der Waals surface area contributed by atoms with E-state index in [1.807, 2.05) is 6.07 Å². The van der Waals surface area contributed by atoms with Gasteiger partial charge in [0.05, 0.1) is 11.0 Å². The molecule has 2 aliphatic heterocycles. The second kappa shape index (κ2) is 12.0. The number of carbonyl (C=O) groups is 1. The van der Waals surface area contributed by atoms with E-state index < -0.39 is 16.1 Å². The molecule has 0 spiro atoms. The molecule has 2 heterocycles. The van der Waals surface area contributed by atoms with E-state index in [2.05, 4.69) is 28.4 Å². The van der Waals surface area contributed by atoms with E-state index in [4.69, 9.17) is 0 Å². The predicted octanol–water partition coefficient (Wildman–Crippen LogP) is 1.62. The first-order valence-corrected chi connectivity index (χ1v) is 12.9. The molecule has 1 atom stereocenters. The number of hydrogen-bond acceptors (Lipinski definition) is 5. The van der Waals surface area contributed by atoms with Crippen molar-refractivity contribution in [3.05, 3.63) is 65.7 Å². The fourth-order valence-corrected chi connectivity index (χ4v) is 5.96. The molecule has 2 aliphatic rings. The fraction of sp³-hybridized carbons (Fsp3) is 0.458. The highest BCUT2D eigenvalue weighted by Gasteiger charge is 2.28. The van der Waals surface area contributed by atoms with Gasteiger partial charge in [-0.2, -0.15) is 17.8 Å². The van der Waals surface area contributed by atoms with Gasteiger partial charge in [0, 0.05) is 52.4 Å². The largest absolute Gasteiger partial charge is 0.390 e. The van der Waals surface area contributed by atoms with Crippen molar-refractivity contribution in [2.24, 2.45) is 0 Å². The zero-order chi connectivity index (χ0) is 23.3. The van der Waals surface area contributed by atoms with Crippen LogP contribution in [0.4, 0.5) is 4.79 Å². The molecule has 0 aliphatic carbocycles. The number of sulfonamides is 1. The van der Waals surface area contributed by atoms with Crippen LogP contribution in [0.15, 0.2) is 59.5 Å². The number of rotatable bonds is 6. The summed E-state index contributed by atoms with van der Waals surface area (Å²) >= 11 is 0. The second-order valence-electron chi connectivity index (χ2n) is 8.65. The van der Waals surface area contributed by atoms with Crippen LogP contribution in [-0.4, -0.2) is 85.6 Å². The van der Waals surface area contributed by atoms with Crippen molar-refractivity contribution in [3.63, 3.8) is 0 Å². The smallest absolute Gasteiger partial charge is 0.317 e. The van der Waals surface area contributed by atoms with Crippen LogP contribution in [-0.2, 0) is 23.0 Å². The van der Waals surface area contributed by atoms with Gasteiger partial charge in [0.15, 0.2) is 0 Å². The Kier molecular flexibility index (Phi) is 9.38. The summed E-state index contributed by atoms with van der Waals surface area (Å²) in [4.78, 5) is 16.8. The summed E-state index contributed by atoms with van der Waals surface area (Å²) in [5.41, 5.74) is 2.65. The first-order valence-electron chi connectivity index (χ1n) is 11.5. The Morgan fingerprint density at radius 3 is 2.41 bits per heavy atom. The van der Waals surface area contributed by atoms with Crippen molar-refractivity contribution in [1.82, 2.24) is 19.4 Å². The molecule has 34 heavy (non-hydrogen) atoms. The Labute approximate surface area is 209 Å². The predicted molar refractivity (Wildman–Crippen MR) is 137 cm³/mol. The molecule has 2 amide bonds. The second-order valence-corrected chi connectivity index (χ2v) is 10.6. The monoisotopic (exact) mass is 506 g/mol. The van der Waals surface area contributed by atoms with Crippen LogP contribution in [0.3, 0.4) is 0 Å². The van der Waals surface area contributed by atoms with Gasteiger partial charge in [-0.1, -0.05) is 42.5 Å². The minimum atomic E-state index is -3.57. The van der Waals surface area contributed by atoms with Gasteiger partial charge < -0.3 is 15.3 Å². The lowest BCUT2D eigenvalue weighted by molar-refractivity contribution is 0.103. The molecule has 0 saturated carbocycles. The normalized spacial score (nSPS) is 18.3. The summed E-state index contributed by atoms with van der Waals surface area (Å²) in [7, 11) is -3.57. The molecule has 1 saturated heterocycles. The lowest BCUT2D eigenvalue weighted by Gasteiger charge is -2.30. The molecule has 0 bridgehead atoms. The molecule has 2 aromatic carbocycles. The summed E-state index contributed by atoms with van der Waals surface area (Å²) in [5, 5.41) is 13.3. The third-order valence-electron chi connectivity index (χ3n) is 6.29. The Hall–Kier alpha value is -2.11. The number of urea groups is 1. The number of β-amino-alcohol motifs (C(OH)–C–C–N with tert-alkyl or cyclic N) is 1. The van der Waals surface area contributed by atoms with E-state index in [0.717, 1.165) is 19.5 Å². The number of amides is 2. The zero-order valence-electron chi connectivity index (χ0n) is 19.3. The molecule has 0 aromatic heterocycles. The first kappa shape index (κ1) is 26.5. The standard InChI is InChI=1S/C24H32N4O4S.H2S/c29-22(19-26-14-11-20-7-4-5-8-21(20)18-26)17-25-24(30)27-12-6-13-28(16-15-27)33(31,32)23-9-2-1-3-10-23;/h1-5,7-10,22,29H,6,11-19H2,(H,25,30);1H2/t22-;/m0./s1. The lowest BCUT2D eigenvalue weighted by atomic mass is 10.00. The molecule has 186 valence electrons. The van der Waals surface area contributed by atoms with Gasteiger partial charge in [-0.05, 0) is 36.1 Å². The average Bonchev–Trinajstić information content (AvgIpc) is 3.10. The summed E-state index contributed by atoms with van der Waals surface area (Å²) < 4.78 is 27.2. The van der Waals surface area contributed by atoms with Gasteiger partial charge in [-0.15, -0.1) is 0 Å². The SMILES string of the molecule is O=C(NC[C@H](O)CN1CCc2ccccc2C1)N1CCCN(S(=O)(=O)c2ccccc2)CC1.S. The molecule has 2 aromatic rings. The molecule has 1 fully saturated rings. The van der Waals surface area contributed by atoms with Gasteiger partial charge in [0.25, 0.3) is 0 Å². The van der Waals surface area contributed by atoms with E-state index in [1.54, 1.807) is 35.2 Å². The van der Waals surface area contributed by atoms with Gasteiger partial charge in [0.2, 0.25) is 10.0 Å². The van der Waals surface area contributed by atoms with Crippen LogP contribution in [0, 0.1) is 0 Å². The Morgan fingerprint density at radius 1 is 0.941 bits per heavy atom. The number of nitrogens with zero attached hydrogens (tertiary/aromatic N) is 3. The zero-order valence-corrected chi connectivity index (χ0v) is 21.1. The summed E-state index contributed by atoms with van der Waals surface area (Å²) in [6.07, 6.45) is 0.863. The molecule has 4 rings (SSSR count). The molecule has 0 radical (unpaired) electrons. The van der Waals surface area contributed by atoms with E-state index >= 15 is 0 Å². The van der Waals surface area contributed by atoms with Crippen LogP contribution in [0.2, 0.25) is 0 Å². The number of nitrogens with one attached hydrogen (secondary N) is 1. The Morgan fingerprint density at radius 2 is 1.65 bits per heavy atom. The topological polar surface area (TPSA) is 93.2 Å². The van der Waals surface area contributed by atoms with Crippen molar-refractivity contribution >= 4 is 29.6 Å². The fourth-order valence-electron chi connectivity index (χ4n) is 4.47. The number of aliphatic hydroxyl groups is 1. The Balaban J connectivity index is 0.00000324. The minimum Gasteiger partial charge on any atom is -0.390 e. The summed E-state index contributed by atoms with van der Waals surface area (Å²) in [6.45, 7) is 3.78. The van der Waals surface area contributed by atoms with Crippen molar-refractivity contribution in [3.8, 4) is 0 Å². The van der Waals surface area contributed by atoms with Crippen LogP contribution in [0.25, 0.3) is 0 Å². The average molecular weight is 507 g/mol. The van der Waals surface area contributed by atoms with Crippen molar-refractivity contribution in [1.29, 1.82) is 0 Å². The third-order valence-corrected chi connectivity index (χ3v) is 8.20. The molecule has 2 N–H and O–H groups in total.